The number of methoxy groups -OCH3 is 1. The molecule has 5 nitrogen and oxygen atoms in total. The molecule has 1 heterocycles. The molecule has 0 aliphatic heterocycles. The van der Waals surface area contributed by atoms with Gasteiger partial charge in [-0.05, 0) is 22.0 Å². The molecule has 0 unspecified atom stereocenters. The minimum Gasteiger partial charge on any atom is -0.489 e. The van der Waals surface area contributed by atoms with E-state index < -0.39 is 51.1 Å². The second kappa shape index (κ2) is 5.54. The van der Waals surface area contributed by atoms with E-state index in [4.69, 9.17) is 0 Å². The zero-order valence-corrected chi connectivity index (χ0v) is 10.7. The van der Waals surface area contributed by atoms with Crippen molar-refractivity contribution in [1.29, 1.82) is 0 Å². The number of pyridine rings is 1. The largest absolute Gasteiger partial charge is 0.489 e. The first kappa shape index (κ1) is 15.6. The van der Waals surface area contributed by atoms with Gasteiger partial charge in [0.25, 0.3) is 0 Å². The van der Waals surface area contributed by atoms with Crippen molar-refractivity contribution in [3.05, 3.63) is 51.3 Å². The molecule has 2 rings (SSSR count). The maximum atomic E-state index is 13.6. The highest BCUT2D eigenvalue weighted by atomic mass is 19.2. The van der Waals surface area contributed by atoms with E-state index in [0.717, 1.165) is 19.2 Å². The lowest BCUT2D eigenvalue weighted by Gasteiger charge is -2.06. The van der Waals surface area contributed by atoms with Crippen molar-refractivity contribution in [2.75, 3.05) is 7.11 Å². The van der Waals surface area contributed by atoms with E-state index in [2.05, 4.69) is 9.72 Å². The molecule has 2 aromatic rings. The molecule has 0 amide bonds. The summed E-state index contributed by atoms with van der Waals surface area (Å²) in [5.74, 6) is -12.2. The van der Waals surface area contributed by atoms with Gasteiger partial charge >= 0.3 is 5.82 Å². The third-order valence-corrected chi connectivity index (χ3v) is 2.70. The van der Waals surface area contributed by atoms with Crippen LogP contribution in [-0.2, 0) is 0 Å². The summed E-state index contributed by atoms with van der Waals surface area (Å²) in [5, 5.41) is 10.8. The number of hydrogen-bond acceptors (Lipinski definition) is 4. The van der Waals surface area contributed by atoms with Gasteiger partial charge in [0, 0.05) is 0 Å². The molecular formula is C12H5F5N2O3. The van der Waals surface area contributed by atoms with Crippen molar-refractivity contribution in [2.45, 2.75) is 0 Å². The Morgan fingerprint density at radius 2 is 1.50 bits per heavy atom. The van der Waals surface area contributed by atoms with Crippen molar-refractivity contribution < 1.29 is 31.6 Å². The molecule has 1 aromatic carbocycles. The Kier molecular flexibility index (Phi) is 3.93. The van der Waals surface area contributed by atoms with Crippen LogP contribution in [0.3, 0.4) is 0 Å². The van der Waals surface area contributed by atoms with Crippen LogP contribution in [0, 0.1) is 39.2 Å². The van der Waals surface area contributed by atoms with Crippen LogP contribution in [0.2, 0.25) is 0 Å². The van der Waals surface area contributed by atoms with E-state index in [1.807, 2.05) is 0 Å². The number of hydrogen-bond donors (Lipinski definition) is 0. The number of nitrogens with zero attached hydrogens (tertiary/aromatic N) is 2. The average molecular weight is 320 g/mol. The van der Waals surface area contributed by atoms with Crippen molar-refractivity contribution in [1.82, 2.24) is 4.98 Å². The molecule has 0 aliphatic rings. The van der Waals surface area contributed by atoms with Gasteiger partial charge in [-0.1, -0.05) is 0 Å². The van der Waals surface area contributed by atoms with Gasteiger partial charge in [0.2, 0.25) is 11.6 Å². The van der Waals surface area contributed by atoms with Gasteiger partial charge < -0.3 is 14.9 Å². The monoisotopic (exact) mass is 320 g/mol. The molecule has 10 heteroatoms. The summed E-state index contributed by atoms with van der Waals surface area (Å²) in [5.41, 5.74) is -2.15. The number of aromatic nitrogens is 1. The van der Waals surface area contributed by atoms with Crippen LogP contribution in [0.1, 0.15) is 0 Å². The Balaban J connectivity index is 2.78. The van der Waals surface area contributed by atoms with Gasteiger partial charge in [-0.25, -0.2) is 22.0 Å². The lowest BCUT2D eigenvalue weighted by atomic mass is 10.1. The Morgan fingerprint density at radius 1 is 1.00 bits per heavy atom. The topological polar surface area (TPSA) is 65.3 Å². The fourth-order valence-electron chi connectivity index (χ4n) is 1.69. The third-order valence-electron chi connectivity index (χ3n) is 2.70. The van der Waals surface area contributed by atoms with E-state index in [1.54, 1.807) is 0 Å². The van der Waals surface area contributed by atoms with Gasteiger partial charge in [-0.3, -0.25) is 0 Å². The number of nitro groups is 1. The second-order valence-electron chi connectivity index (χ2n) is 3.92. The summed E-state index contributed by atoms with van der Waals surface area (Å²) in [6.07, 6.45) is 0. The predicted molar refractivity (Wildman–Crippen MR) is 62.7 cm³/mol. The van der Waals surface area contributed by atoms with Crippen LogP contribution in [0.15, 0.2) is 12.1 Å². The fraction of sp³-hybridized carbons (Fsp3) is 0.0833. The summed E-state index contributed by atoms with van der Waals surface area (Å²) in [4.78, 5) is 13.1. The summed E-state index contributed by atoms with van der Waals surface area (Å²) in [6, 6.07) is 1.77. The zero-order chi connectivity index (χ0) is 16.6. The van der Waals surface area contributed by atoms with Crippen LogP contribution < -0.4 is 4.74 Å². The molecule has 0 atom stereocenters. The molecule has 0 spiro atoms. The normalized spacial score (nSPS) is 10.6. The molecular weight excluding hydrogens is 315 g/mol. The third kappa shape index (κ3) is 2.32. The van der Waals surface area contributed by atoms with Crippen molar-refractivity contribution >= 4 is 5.82 Å². The predicted octanol–water partition coefficient (Wildman–Crippen LogP) is 3.36. The number of ether oxygens (including phenoxy) is 1. The maximum absolute atomic E-state index is 13.6. The van der Waals surface area contributed by atoms with Gasteiger partial charge in [-0.2, -0.15) is 0 Å². The number of rotatable bonds is 3. The summed E-state index contributed by atoms with van der Waals surface area (Å²) in [6.45, 7) is 0. The molecule has 0 bridgehead atoms. The van der Waals surface area contributed by atoms with Crippen LogP contribution in [0.4, 0.5) is 27.8 Å². The number of halogens is 5. The van der Waals surface area contributed by atoms with Gasteiger partial charge in [0.15, 0.2) is 29.0 Å². The molecule has 1 aromatic heterocycles. The molecule has 0 saturated heterocycles. The molecule has 0 fully saturated rings. The summed E-state index contributed by atoms with van der Waals surface area (Å²) >= 11 is 0. The Hall–Kier alpha value is -2.78. The fourth-order valence-corrected chi connectivity index (χ4v) is 1.69. The average Bonchev–Trinajstić information content (AvgIpc) is 2.51. The van der Waals surface area contributed by atoms with E-state index in [-0.39, 0.29) is 5.75 Å². The standard InChI is InChI=1S/C12H5F5N2O3/c1-22-5-3-2-4(18-12(5)19(20)21)6-7(13)9(15)11(17)10(16)8(6)14/h2-3H,1H3. The lowest BCUT2D eigenvalue weighted by Crippen LogP contribution is -2.06. The zero-order valence-electron chi connectivity index (χ0n) is 10.7. The first-order chi connectivity index (χ1) is 10.3. The minimum atomic E-state index is -2.33. The highest BCUT2D eigenvalue weighted by Gasteiger charge is 2.30. The van der Waals surface area contributed by atoms with Crippen LogP contribution >= 0.6 is 0 Å². The summed E-state index contributed by atoms with van der Waals surface area (Å²) in [7, 11) is 1.09. The van der Waals surface area contributed by atoms with Crippen molar-refractivity contribution in [2.24, 2.45) is 0 Å². The first-order valence-corrected chi connectivity index (χ1v) is 5.50. The summed E-state index contributed by atoms with van der Waals surface area (Å²) < 4.78 is 71.2. The molecule has 0 saturated carbocycles. The van der Waals surface area contributed by atoms with E-state index in [1.165, 1.54) is 0 Å². The van der Waals surface area contributed by atoms with Crippen LogP contribution in [-0.4, -0.2) is 17.0 Å². The Morgan fingerprint density at radius 3 is 1.95 bits per heavy atom. The van der Waals surface area contributed by atoms with E-state index >= 15 is 0 Å². The number of benzene rings is 1. The molecule has 0 aliphatic carbocycles. The second-order valence-corrected chi connectivity index (χ2v) is 3.92. The SMILES string of the molecule is COc1ccc(-c2c(F)c(F)c(F)c(F)c2F)nc1[N+](=O)[O-]. The van der Waals surface area contributed by atoms with Crippen molar-refractivity contribution in [3.63, 3.8) is 0 Å². The lowest BCUT2D eigenvalue weighted by molar-refractivity contribution is -0.390. The molecule has 0 N–H and O–H groups in total. The Bertz CT molecular complexity index is 753. The molecule has 0 radical (unpaired) electrons. The first-order valence-electron chi connectivity index (χ1n) is 5.50. The van der Waals surface area contributed by atoms with Crippen molar-refractivity contribution in [3.8, 4) is 17.0 Å². The van der Waals surface area contributed by atoms with E-state index in [0.29, 0.717) is 0 Å². The maximum Gasteiger partial charge on any atom is 0.406 e. The van der Waals surface area contributed by atoms with Gasteiger partial charge in [0.1, 0.15) is 5.56 Å². The minimum absolute atomic E-state index is 0.336. The quantitative estimate of drug-likeness (QED) is 0.286. The van der Waals surface area contributed by atoms with Crippen LogP contribution in [0.5, 0.6) is 5.75 Å². The molecule has 116 valence electrons. The highest BCUT2D eigenvalue weighted by molar-refractivity contribution is 5.64. The van der Waals surface area contributed by atoms with Crippen LogP contribution in [0.25, 0.3) is 11.3 Å². The van der Waals surface area contributed by atoms with Gasteiger partial charge in [0.05, 0.1) is 7.11 Å². The highest BCUT2D eigenvalue weighted by Crippen LogP contribution is 2.33. The Labute approximate surface area is 119 Å². The van der Waals surface area contributed by atoms with E-state index in [9.17, 15) is 32.1 Å². The molecule has 22 heavy (non-hydrogen) atoms. The van der Waals surface area contributed by atoms with Gasteiger partial charge in [-0.15, -0.1) is 0 Å². The smallest absolute Gasteiger partial charge is 0.406 e.